The van der Waals surface area contributed by atoms with Gasteiger partial charge in [0.15, 0.2) is 11.5 Å². The maximum absolute atomic E-state index is 12.9. The smallest absolute Gasteiger partial charge is 0.308 e. The summed E-state index contributed by atoms with van der Waals surface area (Å²) in [6.07, 6.45) is 0.571. The number of ether oxygens (including phenoxy) is 2. The third kappa shape index (κ3) is 4.60. The van der Waals surface area contributed by atoms with Crippen molar-refractivity contribution in [2.45, 2.75) is 26.8 Å². The van der Waals surface area contributed by atoms with Gasteiger partial charge in [-0.2, -0.15) is 0 Å². The van der Waals surface area contributed by atoms with Crippen LogP contribution in [0.15, 0.2) is 36.4 Å². The summed E-state index contributed by atoms with van der Waals surface area (Å²) < 4.78 is 10.3. The fourth-order valence-electron chi connectivity index (χ4n) is 3.18. The Hall–Kier alpha value is -3.68. The monoisotopic (exact) mass is 395 g/mol. The van der Waals surface area contributed by atoms with E-state index < -0.39 is 11.9 Å². The lowest BCUT2D eigenvalue weighted by Crippen LogP contribution is -2.36. The number of esters is 2. The second-order valence-electron chi connectivity index (χ2n) is 6.72. The van der Waals surface area contributed by atoms with Crippen LogP contribution in [0.3, 0.4) is 0 Å². The highest BCUT2D eigenvalue weighted by atomic mass is 16.6. The lowest BCUT2D eigenvalue weighted by molar-refractivity contribution is -0.134. The van der Waals surface area contributed by atoms with Crippen LogP contribution in [0.25, 0.3) is 0 Å². The molecule has 0 radical (unpaired) electrons. The maximum atomic E-state index is 12.9. The Labute approximate surface area is 167 Å². The number of nitrogens with one attached hydrogen (secondary N) is 1. The van der Waals surface area contributed by atoms with E-state index in [0.29, 0.717) is 30.6 Å². The summed E-state index contributed by atoms with van der Waals surface area (Å²) in [5.41, 5.74) is 8.23. The van der Waals surface area contributed by atoms with Crippen molar-refractivity contribution >= 4 is 23.7 Å². The van der Waals surface area contributed by atoms with Gasteiger partial charge in [-0.15, -0.1) is 0 Å². The van der Waals surface area contributed by atoms with Crippen LogP contribution in [0.5, 0.6) is 11.5 Å². The molecular formula is C21H21N3O5. The van der Waals surface area contributed by atoms with Crippen molar-refractivity contribution in [1.82, 2.24) is 4.90 Å². The maximum Gasteiger partial charge on any atom is 0.308 e. The number of fused-ring (bicyclic) bond motifs is 1. The van der Waals surface area contributed by atoms with Crippen molar-refractivity contribution in [2.75, 3.05) is 6.54 Å². The molecule has 0 saturated carbocycles. The summed E-state index contributed by atoms with van der Waals surface area (Å²) in [5.74, 6) is -0.924. The van der Waals surface area contributed by atoms with Crippen molar-refractivity contribution in [1.29, 1.82) is 5.41 Å². The Kier molecular flexibility index (Phi) is 5.63. The minimum Gasteiger partial charge on any atom is -0.423 e. The average Bonchev–Trinajstić information content (AvgIpc) is 2.66. The Balaban J connectivity index is 1.85. The Morgan fingerprint density at radius 3 is 1.97 bits per heavy atom. The molecule has 8 heteroatoms. The molecule has 2 aromatic rings. The number of amides is 1. The summed E-state index contributed by atoms with van der Waals surface area (Å²) in [4.78, 5) is 37.3. The van der Waals surface area contributed by atoms with E-state index in [1.807, 2.05) is 0 Å². The highest BCUT2D eigenvalue weighted by Crippen LogP contribution is 2.34. The molecule has 8 nitrogen and oxygen atoms in total. The molecule has 3 rings (SSSR count). The first kappa shape index (κ1) is 20.1. The number of amidine groups is 1. The number of nitrogens with zero attached hydrogens (tertiary/aromatic N) is 1. The van der Waals surface area contributed by atoms with E-state index in [1.165, 1.54) is 13.8 Å². The first-order chi connectivity index (χ1) is 13.7. The van der Waals surface area contributed by atoms with E-state index in [0.717, 1.165) is 11.1 Å². The summed E-state index contributed by atoms with van der Waals surface area (Å²) in [6.45, 7) is 3.36. The lowest BCUT2D eigenvalue weighted by Gasteiger charge is -2.29. The zero-order valence-electron chi connectivity index (χ0n) is 16.2. The molecule has 0 bridgehead atoms. The molecule has 0 saturated heterocycles. The van der Waals surface area contributed by atoms with E-state index in [-0.39, 0.29) is 23.2 Å². The standard InChI is InChI=1S/C21H21N3O5/c1-12(25)28-18-9-16-7-8-24(11-17(16)10-19(18)29-13(2)26)21(27)15-5-3-14(4-6-15)20(22)23/h3-6,9-10H,7-8,11H2,1-2H3,(H3,22,23). The second kappa shape index (κ2) is 8.14. The van der Waals surface area contributed by atoms with Gasteiger partial charge in [0.1, 0.15) is 5.84 Å². The summed E-state index contributed by atoms with van der Waals surface area (Å²) in [7, 11) is 0. The molecule has 0 aromatic heterocycles. The number of carbonyl (C=O) groups is 3. The summed E-state index contributed by atoms with van der Waals surface area (Å²) >= 11 is 0. The molecular weight excluding hydrogens is 374 g/mol. The average molecular weight is 395 g/mol. The van der Waals surface area contributed by atoms with Gasteiger partial charge in [-0.05, 0) is 41.8 Å². The fraction of sp³-hybridized carbons (Fsp3) is 0.238. The van der Waals surface area contributed by atoms with Crippen LogP contribution in [0, 0.1) is 5.41 Å². The number of rotatable bonds is 4. The molecule has 1 heterocycles. The van der Waals surface area contributed by atoms with Crippen molar-refractivity contribution in [3.63, 3.8) is 0 Å². The van der Waals surface area contributed by atoms with E-state index in [9.17, 15) is 14.4 Å². The van der Waals surface area contributed by atoms with Crippen molar-refractivity contribution in [3.05, 3.63) is 58.7 Å². The topological polar surface area (TPSA) is 123 Å². The highest BCUT2D eigenvalue weighted by Gasteiger charge is 2.24. The number of hydrogen-bond acceptors (Lipinski definition) is 6. The fourth-order valence-corrected chi connectivity index (χ4v) is 3.18. The molecule has 0 spiro atoms. The largest absolute Gasteiger partial charge is 0.423 e. The third-order valence-corrected chi connectivity index (χ3v) is 4.52. The summed E-state index contributed by atoms with van der Waals surface area (Å²) in [6, 6.07) is 9.87. The minimum atomic E-state index is -0.535. The van der Waals surface area contributed by atoms with Gasteiger partial charge in [0.2, 0.25) is 0 Å². The Bertz CT molecular complexity index is 998. The predicted octanol–water partition coefficient (Wildman–Crippen LogP) is 2.02. The van der Waals surface area contributed by atoms with Gasteiger partial charge in [-0.3, -0.25) is 19.8 Å². The molecule has 29 heavy (non-hydrogen) atoms. The van der Waals surface area contributed by atoms with Crippen molar-refractivity contribution in [2.24, 2.45) is 5.73 Å². The van der Waals surface area contributed by atoms with E-state index in [1.54, 1.807) is 41.3 Å². The van der Waals surface area contributed by atoms with Crippen LogP contribution in [0.1, 0.15) is 40.9 Å². The van der Waals surface area contributed by atoms with Gasteiger partial charge in [0.05, 0.1) is 0 Å². The van der Waals surface area contributed by atoms with Crippen LogP contribution >= 0.6 is 0 Å². The quantitative estimate of drug-likeness (QED) is 0.353. The molecule has 0 fully saturated rings. The zero-order chi connectivity index (χ0) is 21.1. The number of nitrogens with two attached hydrogens (primary N) is 1. The molecule has 2 aromatic carbocycles. The van der Waals surface area contributed by atoms with Gasteiger partial charge in [0, 0.05) is 38.1 Å². The first-order valence-corrected chi connectivity index (χ1v) is 9.01. The van der Waals surface area contributed by atoms with E-state index in [4.69, 9.17) is 20.6 Å². The third-order valence-electron chi connectivity index (χ3n) is 4.52. The molecule has 150 valence electrons. The van der Waals surface area contributed by atoms with Crippen LogP contribution in [-0.4, -0.2) is 35.1 Å². The minimum absolute atomic E-state index is 0.0579. The summed E-state index contributed by atoms with van der Waals surface area (Å²) in [5, 5.41) is 7.43. The van der Waals surface area contributed by atoms with E-state index in [2.05, 4.69) is 0 Å². The predicted molar refractivity (Wildman–Crippen MR) is 105 cm³/mol. The van der Waals surface area contributed by atoms with Crippen molar-refractivity contribution in [3.8, 4) is 11.5 Å². The molecule has 3 N–H and O–H groups in total. The van der Waals surface area contributed by atoms with Crippen LogP contribution in [-0.2, 0) is 22.6 Å². The lowest BCUT2D eigenvalue weighted by atomic mass is 9.98. The van der Waals surface area contributed by atoms with Crippen LogP contribution in [0.2, 0.25) is 0 Å². The Morgan fingerprint density at radius 1 is 0.931 bits per heavy atom. The number of hydrogen-bond donors (Lipinski definition) is 2. The molecule has 0 aliphatic carbocycles. The van der Waals surface area contributed by atoms with Gasteiger partial charge >= 0.3 is 11.9 Å². The van der Waals surface area contributed by atoms with Crippen LogP contribution in [0.4, 0.5) is 0 Å². The second-order valence-corrected chi connectivity index (χ2v) is 6.72. The van der Waals surface area contributed by atoms with Gasteiger partial charge in [-0.25, -0.2) is 0 Å². The normalized spacial score (nSPS) is 12.7. The zero-order valence-corrected chi connectivity index (χ0v) is 16.2. The highest BCUT2D eigenvalue weighted by molar-refractivity contribution is 5.98. The van der Waals surface area contributed by atoms with Crippen molar-refractivity contribution < 1.29 is 23.9 Å². The van der Waals surface area contributed by atoms with Gasteiger partial charge in [0.25, 0.3) is 5.91 Å². The van der Waals surface area contributed by atoms with Crippen LogP contribution < -0.4 is 15.2 Å². The van der Waals surface area contributed by atoms with Gasteiger partial charge < -0.3 is 20.1 Å². The number of nitrogen functional groups attached to an aromatic ring is 1. The molecule has 0 atom stereocenters. The number of carbonyl (C=O) groups excluding carboxylic acids is 3. The number of benzene rings is 2. The molecule has 1 aliphatic heterocycles. The van der Waals surface area contributed by atoms with Gasteiger partial charge in [-0.1, -0.05) is 12.1 Å². The first-order valence-electron chi connectivity index (χ1n) is 9.01. The SMILES string of the molecule is CC(=O)Oc1cc2c(cc1OC(C)=O)CN(C(=O)c1ccc(C(=N)N)cc1)CC2. The van der Waals surface area contributed by atoms with E-state index >= 15 is 0 Å². The molecule has 1 amide bonds. The molecule has 0 unspecified atom stereocenters. The Morgan fingerprint density at radius 2 is 1.45 bits per heavy atom. The molecule has 1 aliphatic rings.